The summed E-state index contributed by atoms with van der Waals surface area (Å²) in [6, 6.07) is 8.69. The van der Waals surface area contributed by atoms with Gasteiger partial charge in [0.15, 0.2) is 0 Å². The summed E-state index contributed by atoms with van der Waals surface area (Å²) < 4.78 is 0. The van der Waals surface area contributed by atoms with Crippen LogP contribution in [-0.2, 0) is 0 Å². The van der Waals surface area contributed by atoms with Crippen LogP contribution in [0.4, 0.5) is 5.69 Å². The van der Waals surface area contributed by atoms with Gasteiger partial charge in [0.25, 0.3) is 0 Å². The third kappa shape index (κ3) is 4.78. The average molecular weight is 234 g/mol. The van der Waals surface area contributed by atoms with E-state index in [4.69, 9.17) is 0 Å². The molecule has 2 heteroatoms. The Hall–Kier alpha value is -1.02. The summed E-state index contributed by atoms with van der Waals surface area (Å²) in [5.41, 5.74) is 2.84. The fourth-order valence-electron chi connectivity index (χ4n) is 1.62. The lowest BCUT2D eigenvalue weighted by molar-refractivity contribution is 0.381. The van der Waals surface area contributed by atoms with Crippen LogP contribution >= 0.6 is 0 Å². The molecule has 0 aliphatic carbocycles. The highest BCUT2D eigenvalue weighted by molar-refractivity contribution is 5.46. The Kier molecular flexibility index (Phi) is 5.01. The number of hydrogen-bond acceptors (Lipinski definition) is 2. The second kappa shape index (κ2) is 6.06. The third-order valence-electron chi connectivity index (χ3n) is 3.41. The molecule has 0 bridgehead atoms. The van der Waals surface area contributed by atoms with Crippen molar-refractivity contribution < 1.29 is 0 Å². The second-order valence-electron chi connectivity index (χ2n) is 5.42. The van der Waals surface area contributed by atoms with Crippen LogP contribution in [-0.4, -0.2) is 25.7 Å². The molecule has 0 unspecified atom stereocenters. The summed E-state index contributed by atoms with van der Waals surface area (Å²) in [6.07, 6.45) is 1.15. The first-order valence-electron chi connectivity index (χ1n) is 6.47. The second-order valence-corrected chi connectivity index (χ2v) is 5.42. The first kappa shape index (κ1) is 14.0. The first-order chi connectivity index (χ1) is 7.94. The topological polar surface area (TPSA) is 15.3 Å². The summed E-state index contributed by atoms with van der Waals surface area (Å²) in [5, 5.41) is 3.58. The minimum Gasteiger partial charge on any atom is -0.373 e. The van der Waals surface area contributed by atoms with E-state index >= 15 is 0 Å². The molecule has 1 aromatic carbocycles. The molecular formula is C15H26N2. The normalized spacial score (nSPS) is 11.6. The molecule has 96 valence electrons. The predicted molar refractivity (Wildman–Crippen MR) is 76.8 cm³/mol. The van der Waals surface area contributed by atoms with Crippen LogP contribution in [0, 0.1) is 6.92 Å². The van der Waals surface area contributed by atoms with E-state index < -0.39 is 0 Å². The summed E-state index contributed by atoms with van der Waals surface area (Å²) in [6.45, 7) is 10.9. The van der Waals surface area contributed by atoms with Crippen molar-refractivity contribution in [3.63, 3.8) is 0 Å². The van der Waals surface area contributed by atoms with E-state index in [1.165, 1.54) is 11.3 Å². The van der Waals surface area contributed by atoms with Gasteiger partial charge >= 0.3 is 0 Å². The van der Waals surface area contributed by atoms with Crippen molar-refractivity contribution in [1.82, 2.24) is 5.32 Å². The van der Waals surface area contributed by atoms with Crippen molar-refractivity contribution in [2.75, 3.05) is 25.0 Å². The van der Waals surface area contributed by atoms with E-state index in [-0.39, 0.29) is 5.54 Å². The quantitative estimate of drug-likeness (QED) is 0.813. The van der Waals surface area contributed by atoms with Gasteiger partial charge in [0.2, 0.25) is 0 Å². The molecule has 0 aliphatic heterocycles. The number of aryl methyl sites for hydroxylation is 1. The standard InChI is InChI=1S/C15H26N2/c1-6-15(3,4)16-11-12-17(5)14-9-7-13(2)8-10-14/h7-10,16H,6,11-12H2,1-5H3. The highest BCUT2D eigenvalue weighted by Crippen LogP contribution is 2.13. The zero-order valence-corrected chi connectivity index (χ0v) is 11.9. The largest absolute Gasteiger partial charge is 0.373 e. The molecular weight excluding hydrogens is 208 g/mol. The molecule has 0 saturated carbocycles. The Labute approximate surface area is 106 Å². The lowest BCUT2D eigenvalue weighted by Crippen LogP contribution is -2.42. The molecule has 1 rings (SSSR count). The molecule has 0 heterocycles. The van der Waals surface area contributed by atoms with Gasteiger partial charge in [-0.3, -0.25) is 0 Å². The number of likely N-dealkylation sites (N-methyl/N-ethyl adjacent to an activating group) is 1. The molecule has 0 radical (unpaired) electrons. The molecule has 1 N–H and O–H groups in total. The molecule has 0 amide bonds. The smallest absolute Gasteiger partial charge is 0.0364 e. The van der Waals surface area contributed by atoms with Crippen molar-refractivity contribution in [1.29, 1.82) is 0 Å². The van der Waals surface area contributed by atoms with Gasteiger partial charge in [0, 0.05) is 31.4 Å². The Bertz CT molecular complexity index is 327. The fraction of sp³-hybridized carbons (Fsp3) is 0.600. The number of rotatable bonds is 6. The zero-order chi connectivity index (χ0) is 12.9. The van der Waals surface area contributed by atoms with Gasteiger partial charge < -0.3 is 10.2 Å². The average Bonchev–Trinajstić information content (AvgIpc) is 2.29. The molecule has 0 fully saturated rings. The monoisotopic (exact) mass is 234 g/mol. The number of benzene rings is 1. The maximum absolute atomic E-state index is 3.58. The van der Waals surface area contributed by atoms with Gasteiger partial charge in [-0.05, 0) is 39.3 Å². The molecule has 17 heavy (non-hydrogen) atoms. The molecule has 0 aromatic heterocycles. The Morgan fingerprint density at radius 2 is 1.76 bits per heavy atom. The highest BCUT2D eigenvalue weighted by Gasteiger charge is 2.13. The van der Waals surface area contributed by atoms with Gasteiger partial charge in [-0.15, -0.1) is 0 Å². The first-order valence-corrected chi connectivity index (χ1v) is 6.47. The minimum absolute atomic E-state index is 0.244. The predicted octanol–water partition coefficient (Wildman–Crippen LogP) is 3.21. The lowest BCUT2D eigenvalue weighted by atomic mass is 10.0. The van der Waals surface area contributed by atoms with E-state index in [9.17, 15) is 0 Å². The number of hydrogen-bond donors (Lipinski definition) is 1. The Morgan fingerprint density at radius 1 is 1.18 bits per heavy atom. The summed E-state index contributed by atoms with van der Waals surface area (Å²) in [7, 11) is 2.14. The summed E-state index contributed by atoms with van der Waals surface area (Å²) in [4.78, 5) is 2.29. The Balaban J connectivity index is 2.40. The van der Waals surface area contributed by atoms with E-state index in [0.717, 1.165) is 19.5 Å². The van der Waals surface area contributed by atoms with Gasteiger partial charge in [0.1, 0.15) is 0 Å². The van der Waals surface area contributed by atoms with Crippen molar-refractivity contribution >= 4 is 5.69 Å². The third-order valence-corrected chi connectivity index (χ3v) is 3.41. The van der Waals surface area contributed by atoms with Crippen molar-refractivity contribution in [3.05, 3.63) is 29.8 Å². The number of anilines is 1. The molecule has 0 spiro atoms. The number of nitrogens with zero attached hydrogens (tertiary/aromatic N) is 1. The van der Waals surface area contributed by atoms with E-state index in [2.05, 4.69) is 69.2 Å². The van der Waals surface area contributed by atoms with Crippen LogP contribution < -0.4 is 10.2 Å². The van der Waals surface area contributed by atoms with Crippen LogP contribution in [0.5, 0.6) is 0 Å². The van der Waals surface area contributed by atoms with Crippen LogP contribution in [0.2, 0.25) is 0 Å². The SMILES string of the molecule is CCC(C)(C)NCCN(C)c1ccc(C)cc1. The van der Waals surface area contributed by atoms with Crippen LogP contribution in [0.3, 0.4) is 0 Å². The molecule has 0 atom stereocenters. The van der Waals surface area contributed by atoms with Gasteiger partial charge in [0.05, 0.1) is 0 Å². The van der Waals surface area contributed by atoms with Gasteiger partial charge in [-0.2, -0.15) is 0 Å². The lowest BCUT2D eigenvalue weighted by Gasteiger charge is -2.27. The van der Waals surface area contributed by atoms with E-state index in [1.54, 1.807) is 0 Å². The van der Waals surface area contributed by atoms with Crippen LogP contribution in [0.1, 0.15) is 32.8 Å². The molecule has 2 nitrogen and oxygen atoms in total. The van der Waals surface area contributed by atoms with Gasteiger partial charge in [-0.25, -0.2) is 0 Å². The van der Waals surface area contributed by atoms with Crippen LogP contribution in [0.15, 0.2) is 24.3 Å². The zero-order valence-electron chi connectivity index (χ0n) is 11.9. The Morgan fingerprint density at radius 3 is 2.29 bits per heavy atom. The van der Waals surface area contributed by atoms with E-state index in [0.29, 0.717) is 0 Å². The molecule has 0 aliphatic rings. The van der Waals surface area contributed by atoms with Crippen molar-refractivity contribution in [3.8, 4) is 0 Å². The molecule has 1 aromatic rings. The molecule has 0 saturated heterocycles. The highest BCUT2D eigenvalue weighted by atomic mass is 15.1. The van der Waals surface area contributed by atoms with Gasteiger partial charge in [-0.1, -0.05) is 24.6 Å². The minimum atomic E-state index is 0.244. The number of nitrogens with one attached hydrogen (secondary N) is 1. The maximum Gasteiger partial charge on any atom is 0.0364 e. The maximum atomic E-state index is 3.58. The summed E-state index contributed by atoms with van der Waals surface area (Å²) in [5.74, 6) is 0. The van der Waals surface area contributed by atoms with Crippen LogP contribution in [0.25, 0.3) is 0 Å². The van der Waals surface area contributed by atoms with E-state index in [1.807, 2.05) is 0 Å². The summed E-state index contributed by atoms with van der Waals surface area (Å²) >= 11 is 0. The van der Waals surface area contributed by atoms with Crippen molar-refractivity contribution in [2.24, 2.45) is 0 Å². The fourth-order valence-corrected chi connectivity index (χ4v) is 1.62. The van der Waals surface area contributed by atoms with Crippen molar-refractivity contribution in [2.45, 2.75) is 39.7 Å².